The molecule has 1 aromatic heterocycles. The third kappa shape index (κ3) is 2.77. The Balaban J connectivity index is 1.67. The van der Waals surface area contributed by atoms with Crippen LogP contribution in [0.1, 0.15) is 0 Å². The summed E-state index contributed by atoms with van der Waals surface area (Å²) in [6.45, 7) is 1.15. The molecule has 0 spiro atoms. The Labute approximate surface area is 122 Å². The maximum absolute atomic E-state index is 5.91. The number of benzene rings is 1. The van der Waals surface area contributed by atoms with Gasteiger partial charge in [0.25, 0.3) is 0 Å². The minimum absolute atomic E-state index is 0.0596. The molecule has 20 heavy (non-hydrogen) atoms. The third-order valence-corrected chi connectivity index (χ3v) is 3.21. The lowest BCUT2D eigenvalue weighted by Crippen LogP contribution is -2.39. The molecule has 5 nitrogen and oxygen atoms in total. The van der Waals surface area contributed by atoms with Crippen LogP contribution >= 0.6 is 11.6 Å². The van der Waals surface area contributed by atoms with Crippen LogP contribution in [0.2, 0.25) is 5.15 Å². The number of hydrogen-bond acceptors (Lipinski definition) is 5. The Morgan fingerprint density at radius 1 is 1.30 bits per heavy atom. The molecule has 0 unspecified atom stereocenters. The van der Waals surface area contributed by atoms with E-state index < -0.39 is 0 Å². The number of aromatic nitrogens is 2. The summed E-state index contributed by atoms with van der Waals surface area (Å²) in [5.74, 6) is 2.27. The Morgan fingerprint density at radius 2 is 2.10 bits per heavy atom. The van der Waals surface area contributed by atoms with Crippen molar-refractivity contribution < 1.29 is 9.47 Å². The lowest BCUT2D eigenvalue weighted by Gasteiger charge is -2.29. The lowest BCUT2D eigenvalue weighted by atomic mass is 10.2. The third-order valence-electron chi connectivity index (χ3n) is 3.03. The van der Waals surface area contributed by atoms with E-state index in [2.05, 4.69) is 9.97 Å². The second kappa shape index (κ2) is 5.54. The molecule has 6 heteroatoms. The van der Waals surface area contributed by atoms with Crippen LogP contribution < -0.4 is 14.4 Å². The van der Waals surface area contributed by atoms with Gasteiger partial charge in [-0.2, -0.15) is 0 Å². The van der Waals surface area contributed by atoms with E-state index >= 15 is 0 Å². The maximum atomic E-state index is 5.91. The van der Waals surface area contributed by atoms with Gasteiger partial charge in [0.2, 0.25) is 0 Å². The van der Waals surface area contributed by atoms with Gasteiger partial charge < -0.3 is 14.4 Å². The number of anilines is 1. The van der Waals surface area contributed by atoms with E-state index in [0.29, 0.717) is 24.1 Å². The molecule has 0 amide bonds. The van der Waals surface area contributed by atoms with Crippen LogP contribution in [0.3, 0.4) is 0 Å². The van der Waals surface area contributed by atoms with E-state index in [1.807, 2.05) is 36.2 Å². The fourth-order valence-corrected chi connectivity index (χ4v) is 2.21. The summed E-state index contributed by atoms with van der Waals surface area (Å²) in [7, 11) is 1.92. The molecule has 0 bridgehead atoms. The molecule has 1 aliphatic heterocycles. The van der Waals surface area contributed by atoms with Crippen molar-refractivity contribution in [2.24, 2.45) is 0 Å². The number of ether oxygens (including phenoxy) is 2. The highest BCUT2D eigenvalue weighted by atomic mass is 35.5. The van der Waals surface area contributed by atoms with E-state index in [9.17, 15) is 0 Å². The van der Waals surface area contributed by atoms with Crippen LogP contribution in [0.25, 0.3) is 0 Å². The summed E-state index contributed by atoms with van der Waals surface area (Å²) in [5.41, 5.74) is 0. The predicted octanol–water partition coefficient (Wildman–Crippen LogP) is 2.41. The summed E-state index contributed by atoms with van der Waals surface area (Å²) >= 11 is 5.84. The first kappa shape index (κ1) is 13.0. The molecule has 104 valence electrons. The van der Waals surface area contributed by atoms with Crippen LogP contribution in [-0.2, 0) is 0 Å². The minimum atomic E-state index is -0.0596. The van der Waals surface area contributed by atoms with Gasteiger partial charge in [-0.05, 0) is 12.1 Å². The van der Waals surface area contributed by atoms with Gasteiger partial charge in [0, 0.05) is 7.05 Å². The van der Waals surface area contributed by atoms with E-state index in [1.165, 1.54) is 6.20 Å². The fraction of sp³-hybridized carbons (Fsp3) is 0.286. The highest BCUT2D eigenvalue weighted by molar-refractivity contribution is 6.29. The predicted molar refractivity (Wildman–Crippen MR) is 76.7 cm³/mol. The highest BCUT2D eigenvalue weighted by Gasteiger charge is 2.22. The Kier molecular flexibility index (Phi) is 3.60. The molecule has 0 fully saturated rings. The zero-order valence-electron chi connectivity index (χ0n) is 11.0. The van der Waals surface area contributed by atoms with Crippen LogP contribution in [-0.4, -0.2) is 36.3 Å². The molecule has 0 saturated carbocycles. The van der Waals surface area contributed by atoms with E-state index in [4.69, 9.17) is 21.1 Å². The largest absolute Gasteiger partial charge is 0.486 e. The highest BCUT2D eigenvalue weighted by Crippen LogP contribution is 2.31. The second-order valence-corrected chi connectivity index (χ2v) is 4.97. The summed E-state index contributed by atoms with van der Waals surface area (Å²) in [4.78, 5) is 10.2. The molecule has 1 aliphatic rings. The van der Waals surface area contributed by atoms with Crippen molar-refractivity contribution in [3.63, 3.8) is 0 Å². The van der Waals surface area contributed by atoms with Crippen molar-refractivity contribution in [2.45, 2.75) is 6.10 Å². The monoisotopic (exact) mass is 291 g/mol. The summed E-state index contributed by atoms with van der Waals surface area (Å²) < 4.78 is 11.6. The van der Waals surface area contributed by atoms with Gasteiger partial charge in [0.15, 0.2) is 17.6 Å². The number of nitrogens with zero attached hydrogens (tertiary/aromatic N) is 3. The van der Waals surface area contributed by atoms with Crippen molar-refractivity contribution in [1.82, 2.24) is 9.97 Å². The van der Waals surface area contributed by atoms with E-state index in [1.54, 1.807) is 6.20 Å². The van der Waals surface area contributed by atoms with Crippen LogP contribution in [0.4, 0.5) is 5.82 Å². The molecule has 0 aliphatic carbocycles. The van der Waals surface area contributed by atoms with Gasteiger partial charge in [-0.3, -0.25) is 4.98 Å². The molecule has 2 aromatic rings. The van der Waals surface area contributed by atoms with Gasteiger partial charge in [-0.1, -0.05) is 23.7 Å². The van der Waals surface area contributed by atoms with Crippen molar-refractivity contribution in [3.8, 4) is 11.5 Å². The zero-order valence-corrected chi connectivity index (χ0v) is 11.7. The molecule has 1 aromatic carbocycles. The maximum Gasteiger partial charge on any atom is 0.161 e. The first-order valence-corrected chi connectivity index (χ1v) is 6.67. The van der Waals surface area contributed by atoms with Crippen molar-refractivity contribution in [2.75, 3.05) is 25.1 Å². The molecule has 0 saturated heterocycles. The van der Waals surface area contributed by atoms with E-state index in [0.717, 1.165) is 11.5 Å². The first-order chi connectivity index (χ1) is 9.72. The average molecular weight is 292 g/mol. The van der Waals surface area contributed by atoms with Crippen LogP contribution in [0, 0.1) is 0 Å². The molecule has 1 atom stereocenters. The molecule has 3 rings (SSSR count). The van der Waals surface area contributed by atoms with Crippen molar-refractivity contribution in [3.05, 3.63) is 41.8 Å². The quantitative estimate of drug-likeness (QED) is 0.869. The van der Waals surface area contributed by atoms with Gasteiger partial charge in [-0.15, -0.1) is 0 Å². The smallest absolute Gasteiger partial charge is 0.161 e. The molecular weight excluding hydrogens is 278 g/mol. The lowest BCUT2D eigenvalue weighted by molar-refractivity contribution is 0.0959. The topological polar surface area (TPSA) is 47.5 Å². The molecule has 2 heterocycles. The Morgan fingerprint density at radius 3 is 2.90 bits per heavy atom. The molecular formula is C14H14ClN3O2. The molecule has 0 radical (unpaired) electrons. The van der Waals surface area contributed by atoms with Gasteiger partial charge in [0.1, 0.15) is 17.6 Å². The zero-order chi connectivity index (χ0) is 13.9. The number of fused-ring (bicyclic) bond motifs is 1. The Hall–Kier alpha value is -2.01. The van der Waals surface area contributed by atoms with Crippen LogP contribution in [0.15, 0.2) is 36.7 Å². The van der Waals surface area contributed by atoms with Crippen LogP contribution in [0.5, 0.6) is 11.5 Å². The molecule has 0 N–H and O–H groups in total. The number of halogens is 1. The number of para-hydroxylation sites is 2. The first-order valence-electron chi connectivity index (χ1n) is 6.29. The average Bonchev–Trinajstić information content (AvgIpc) is 2.47. The standard InChI is InChI=1S/C14H14ClN3O2/c1-18(14-7-16-6-13(15)17-14)8-10-9-19-11-4-2-3-5-12(11)20-10/h2-7,10H,8-9H2,1H3/t10-/m0/s1. The Bertz CT molecular complexity index is 608. The van der Waals surface area contributed by atoms with Gasteiger partial charge in [0.05, 0.1) is 18.9 Å². The number of hydrogen-bond donors (Lipinski definition) is 0. The SMILES string of the molecule is CN(C[C@H]1COc2ccccc2O1)c1cncc(Cl)n1. The van der Waals surface area contributed by atoms with Crippen molar-refractivity contribution in [1.29, 1.82) is 0 Å². The van der Waals surface area contributed by atoms with E-state index in [-0.39, 0.29) is 6.10 Å². The summed E-state index contributed by atoms with van der Waals surface area (Å²) in [5, 5.41) is 0.375. The number of rotatable bonds is 3. The fourth-order valence-electron chi connectivity index (χ4n) is 2.07. The van der Waals surface area contributed by atoms with Gasteiger partial charge >= 0.3 is 0 Å². The number of likely N-dealkylation sites (N-methyl/N-ethyl adjacent to an activating group) is 1. The van der Waals surface area contributed by atoms with Gasteiger partial charge in [-0.25, -0.2) is 4.98 Å². The second-order valence-electron chi connectivity index (χ2n) is 4.58. The van der Waals surface area contributed by atoms with Crippen molar-refractivity contribution >= 4 is 17.4 Å². The summed E-state index contributed by atoms with van der Waals surface area (Å²) in [6.07, 6.45) is 3.12. The normalized spacial score (nSPS) is 16.8. The summed E-state index contributed by atoms with van der Waals surface area (Å²) in [6, 6.07) is 7.66. The minimum Gasteiger partial charge on any atom is -0.486 e.